The van der Waals surface area contributed by atoms with Crippen LogP contribution in [0.1, 0.15) is 25.5 Å². The lowest BCUT2D eigenvalue weighted by Crippen LogP contribution is -2.01. The second kappa shape index (κ2) is 5.39. The third-order valence-electron chi connectivity index (χ3n) is 1.96. The molecule has 1 aromatic rings. The van der Waals surface area contributed by atoms with Gasteiger partial charge in [0.2, 0.25) is 0 Å². The molecule has 0 bridgehead atoms. The number of hydrogen-bond acceptors (Lipinski definition) is 3. The van der Waals surface area contributed by atoms with Crippen LogP contribution in [0.2, 0.25) is 0 Å². The van der Waals surface area contributed by atoms with Crippen molar-refractivity contribution in [3.05, 3.63) is 29.8 Å². The minimum atomic E-state index is -0.413. The van der Waals surface area contributed by atoms with E-state index in [9.17, 15) is 5.11 Å². The number of aliphatic hydroxyl groups excluding tert-OH is 2. The SMILES string of the molecule is CC(CO)Sc1ccc([C@@H](C)O)cc1. The number of rotatable bonds is 4. The van der Waals surface area contributed by atoms with Crippen molar-refractivity contribution in [2.45, 2.75) is 30.1 Å². The maximum Gasteiger partial charge on any atom is 0.0761 e. The maximum absolute atomic E-state index is 9.30. The monoisotopic (exact) mass is 212 g/mol. The van der Waals surface area contributed by atoms with E-state index in [1.807, 2.05) is 31.2 Å². The van der Waals surface area contributed by atoms with E-state index in [2.05, 4.69) is 0 Å². The molecule has 0 aliphatic rings. The van der Waals surface area contributed by atoms with Gasteiger partial charge >= 0.3 is 0 Å². The van der Waals surface area contributed by atoms with Crippen LogP contribution in [0.5, 0.6) is 0 Å². The van der Waals surface area contributed by atoms with Crippen molar-refractivity contribution < 1.29 is 10.2 Å². The summed E-state index contributed by atoms with van der Waals surface area (Å²) in [5.41, 5.74) is 0.922. The minimum absolute atomic E-state index is 0.183. The van der Waals surface area contributed by atoms with Gasteiger partial charge in [0.05, 0.1) is 12.7 Å². The van der Waals surface area contributed by atoms with Crippen LogP contribution in [-0.2, 0) is 0 Å². The van der Waals surface area contributed by atoms with Gasteiger partial charge in [0.25, 0.3) is 0 Å². The third-order valence-corrected chi connectivity index (χ3v) is 3.05. The molecule has 14 heavy (non-hydrogen) atoms. The molecule has 0 saturated heterocycles. The Kier molecular flexibility index (Phi) is 4.45. The van der Waals surface area contributed by atoms with Crippen molar-refractivity contribution in [3.63, 3.8) is 0 Å². The van der Waals surface area contributed by atoms with Crippen LogP contribution >= 0.6 is 11.8 Å². The van der Waals surface area contributed by atoms with Crippen LogP contribution in [0.4, 0.5) is 0 Å². The predicted molar refractivity (Wildman–Crippen MR) is 59.5 cm³/mol. The number of thioether (sulfide) groups is 1. The average molecular weight is 212 g/mol. The summed E-state index contributed by atoms with van der Waals surface area (Å²) in [6.45, 7) is 3.91. The van der Waals surface area contributed by atoms with E-state index in [-0.39, 0.29) is 11.9 Å². The molecule has 0 aromatic heterocycles. The molecule has 0 heterocycles. The zero-order valence-corrected chi connectivity index (χ0v) is 9.29. The van der Waals surface area contributed by atoms with Crippen molar-refractivity contribution in [3.8, 4) is 0 Å². The molecule has 3 heteroatoms. The van der Waals surface area contributed by atoms with Crippen LogP contribution in [0, 0.1) is 0 Å². The Morgan fingerprint density at radius 3 is 2.21 bits per heavy atom. The number of aliphatic hydroxyl groups is 2. The quantitative estimate of drug-likeness (QED) is 0.752. The highest BCUT2D eigenvalue weighted by Gasteiger charge is 2.04. The lowest BCUT2D eigenvalue weighted by molar-refractivity contribution is 0.199. The summed E-state index contributed by atoms with van der Waals surface area (Å²) >= 11 is 1.63. The molecule has 1 aromatic carbocycles. The molecular weight excluding hydrogens is 196 g/mol. The Hall–Kier alpha value is -0.510. The molecule has 2 N–H and O–H groups in total. The van der Waals surface area contributed by atoms with E-state index in [0.29, 0.717) is 0 Å². The molecule has 2 atom stereocenters. The predicted octanol–water partition coefficient (Wildman–Crippen LogP) is 2.21. The summed E-state index contributed by atoms with van der Waals surface area (Å²) in [5, 5.41) is 18.4. The van der Waals surface area contributed by atoms with Crippen LogP contribution in [-0.4, -0.2) is 22.1 Å². The molecule has 2 nitrogen and oxygen atoms in total. The van der Waals surface area contributed by atoms with Crippen molar-refractivity contribution in [1.82, 2.24) is 0 Å². The van der Waals surface area contributed by atoms with Gasteiger partial charge < -0.3 is 10.2 Å². The lowest BCUT2D eigenvalue weighted by atomic mass is 10.1. The highest BCUT2D eigenvalue weighted by molar-refractivity contribution is 8.00. The van der Waals surface area contributed by atoms with E-state index >= 15 is 0 Å². The molecule has 0 aliphatic heterocycles. The maximum atomic E-state index is 9.30. The highest BCUT2D eigenvalue weighted by atomic mass is 32.2. The second-order valence-electron chi connectivity index (χ2n) is 3.36. The topological polar surface area (TPSA) is 40.5 Å². The summed E-state index contributed by atoms with van der Waals surface area (Å²) in [7, 11) is 0. The summed E-state index contributed by atoms with van der Waals surface area (Å²) in [5.74, 6) is 0. The van der Waals surface area contributed by atoms with Gasteiger partial charge in [-0.2, -0.15) is 0 Å². The van der Waals surface area contributed by atoms with Gasteiger partial charge in [0, 0.05) is 10.1 Å². The van der Waals surface area contributed by atoms with E-state index in [0.717, 1.165) is 10.5 Å². The Bertz CT molecular complexity index is 269. The molecule has 78 valence electrons. The summed E-state index contributed by atoms with van der Waals surface area (Å²) < 4.78 is 0. The number of benzene rings is 1. The fourth-order valence-corrected chi connectivity index (χ4v) is 1.93. The fourth-order valence-electron chi connectivity index (χ4n) is 1.09. The zero-order chi connectivity index (χ0) is 10.6. The minimum Gasteiger partial charge on any atom is -0.395 e. The first-order valence-corrected chi connectivity index (χ1v) is 5.57. The van der Waals surface area contributed by atoms with Crippen molar-refractivity contribution in [1.29, 1.82) is 0 Å². The van der Waals surface area contributed by atoms with Gasteiger partial charge in [-0.05, 0) is 24.6 Å². The molecule has 1 unspecified atom stereocenters. The van der Waals surface area contributed by atoms with Crippen LogP contribution in [0.3, 0.4) is 0 Å². The first-order valence-electron chi connectivity index (χ1n) is 4.69. The second-order valence-corrected chi connectivity index (χ2v) is 4.87. The molecule has 0 saturated carbocycles. The Morgan fingerprint density at radius 2 is 1.79 bits per heavy atom. The lowest BCUT2D eigenvalue weighted by Gasteiger charge is -2.09. The van der Waals surface area contributed by atoms with Gasteiger partial charge in [0.1, 0.15) is 0 Å². The van der Waals surface area contributed by atoms with E-state index in [1.165, 1.54) is 0 Å². The van der Waals surface area contributed by atoms with E-state index < -0.39 is 6.10 Å². The molecule has 0 amide bonds. The largest absolute Gasteiger partial charge is 0.395 e. The van der Waals surface area contributed by atoms with E-state index in [4.69, 9.17) is 5.11 Å². The Balaban J connectivity index is 2.64. The van der Waals surface area contributed by atoms with Gasteiger partial charge in [0.15, 0.2) is 0 Å². The van der Waals surface area contributed by atoms with Gasteiger partial charge in [-0.1, -0.05) is 19.1 Å². The Morgan fingerprint density at radius 1 is 1.21 bits per heavy atom. The zero-order valence-electron chi connectivity index (χ0n) is 8.47. The van der Waals surface area contributed by atoms with Crippen LogP contribution in [0.15, 0.2) is 29.2 Å². The summed E-state index contributed by atoms with van der Waals surface area (Å²) in [4.78, 5) is 1.12. The van der Waals surface area contributed by atoms with Crippen molar-refractivity contribution in [2.75, 3.05) is 6.61 Å². The van der Waals surface area contributed by atoms with Crippen molar-refractivity contribution >= 4 is 11.8 Å². The van der Waals surface area contributed by atoms with Crippen LogP contribution in [0.25, 0.3) is 0 Å². The van der Waals surface area contributed by atoms with Gasteiger partial charge in [-0.3, -0.25) is 0 Å². The van der Waals surface area contributed by atoms with E-state index in [1.54, 1.807) is 18.7 Å². The summed E-state index contributed by atoms with van der Waals surface area (Å²) in [6.07, 6.45) is -0.413. The molecule has 0 radical (unpaired) electrons. The standard InChI is InChI=1S/C11H16O2S/c1-8(7-12)14-11-5-3-10(4-6-11)9(2)13/h3-6,8-9,12-13H,7H2,1-2H3/t8?,9-/m1/s1. The molecule has 0 fully saturated rings. The Labute approximate surface area is 89.0 Å². The van der Waals surface area contributed by atoms with Crippen molar-refractivity contribution in [2.24, 2.45) is 0 Å². The first-order chi connectivity index (χ1) is 6.63. The van der Waals surface area contributed by atoms with Gasteiger partial charge in [-0.25, -0.2) is 0 Å². The first kappa shape index (κ1) is 11.6. The normalized spacial score (nSPS) is 15.1. The van der Waals surface area contributed by atoms with Gasteiger partial charge in [-0.15, -0.1) is 11.8 Å². The van der Waals surface area contributed by atoms with Crippen LogP contribution < -0.4 is 0 Å². The molecule has 0 spiro atoms. The smallest absolute Gasteiger partial charge is 0.0761 e. The molecular formula is C11H16O2S. The fraction of sp³-hybridized carbons (Fsp3) is 0.455. The highest BCUT2D eigenvalue weighted by Crippen LogP contribution is 2.24. The summed E-state index contributed by atoms with van der Waals surface area (Å²) in [6, 6.07) is 7.77. The number of hydrogen-bond donors (Lipinski definition) is 2. The molecule has 0 aliphatic carbocycles. The molecule has 1 rings (SSSR count). The average Bonchev–Trinajstić information content (AvgIpc) is 2.18. The third kappa shape index (κ3) is 3.33.